The van der Waals surface area contributed by atoms with Crippen LogP contribution in [0.2, 0.25) is 0 Å². The van der Waals surface area contributed by atoms with E-state index in [2.05, 4.69) is 26.3 Å². The number of carbonyl (C=O) groups excluding carboxylic acids is 3. The first-order valence-corrected chi connectivity index (χ1v) is 19.9. The zero-order valence-corrected chi connectivity index (χ0v) is 33.6. The minimum absolute atomic E-state index is 0.0827. The van der Waals surface area contributed by atoms with Crippen molar-refractivity contribution in [1.29, 1.82) is 0 Å². The first-order chi connectivity index (χ1) is 29.1. The van der Waals surface area contributed by atoms with E-state index in [-0.39, 0.29) is 30.9 Å². The Bertz CT molecular complexity index is 2340. The summed E-state index contributed by atoms with van der Waals surface area (Å²) in [5.41, 5.74) is 18.9. The van der Waals surface area contributed by atoms with Crippen LogP contribution in [0.3, 0.4) is 0 Å². The average Bonchev–Trinajstić information content (AvgIpc) is 3.25. The minimum atomic E-state index is -0.704. The number of para-hydroxylation sites is 1. The van der Waals surface area contributed by atoms with Crippen molar-refractivity contribution in [2.24, 2.45) is 5.73 Å². The number of nitrogens with zero attached hydrogens (tertiary/aromatic N) is 1. The van der Waals surface area contributed by atoms with Crippen molar-refractivity contribution in [2.45, 2.75) is 58.0 Å². The number of primary amides is 1. The van der Waals surface area contributed by atoms with Gasteiger partial charge in [-0.25, -0.2) is 9.78 Å². The van der Waals surface area contributed by atoms with Crippen molar-refractivity contribution >= 4 is 23.7 Å². The SMILES string of the molecule is C[C@H](Cc1cccc(CC(=O)NCc2ccc(C(N)=O)c(Cc3ccc(CNC(=O)NCc4ccc(Oc5ccccc5)cc4)cc3)c2)c1)NC[C@H](O)c1ccc(N)nc1. The molecule has 6 aromatic rings. The second kappa shape index (κ2) is 21.1. The van der Waals surface area contributed by atoms with E-state index < -0.39 is 12.0 Å². The third kappa shape index (κ3) is 13.3. The van der Waals surface area contributed by atoms with Crippen LogP contribution in [0, 0.1) is 0 Å². The maximum absolute atomic E-state index is 13.0. The second-order valence-electron chi connectivity index (χ2n) is 14.8. The fourth-order valence-electron chi connectivity index (χ4n) is 6.65. The van der Waals surface area contributed by atoms with Crippen LogP contribution in [-0.2, 0) is 43.7 Å². The number of urea groups is 1. The molecule has 1 aromatic heterocycles. The van der Waals surface area contributed by atoms with E-state index in [0.29, 0.717) is 43.0 Å². The highest BCUT2D eigenvalue weighted by atomic mass is 16.5. The monoisotopic (exact) mass is 805 g/mol. The molecular weight excluding hydrogens is 755 g/mol. The number of carbonyl (C=O) groups is 3. The fourth-order valence-corrected chi connectivity index (χ4v) is 6.65. The van der Waals surface area contributed by atoms with Gasteiger partial charge in [0, 0.05) is 49.5 Å². The van der Waals surface area contributed by atoms with Gasteiger partial charge in [-0.15, -0.1) is 0 Å². The number of nitrogens with two attached hydrogens (primary N) is 2. The van der Waals surface area contributed by atoms with Gasteiger partial charge < -0.3 is 42.6 Å². The molecule has 60 heavy (non-hydrogen) atoms. The number of nitrogens with one attached hydrogen (secondary N) is 4. The summed E-state index contributed by atoms with van der Waals surface area (Å²) in [7, 11) is 0. The third-order valence-electron chi connectivity index (χ3n) is 9.90. The molecule has 12 nitrogen and oxygen atoms in total. The molecule has 1 heterocycles. The molecule has 5 aromatic carbocycles. The van der Waals surface area contributed by atoms with Crippen molar-refractivity contribution in [3.05, 3.63) is 190 Å². The zero-order chi connectivity index (χ0) is 42.3. The van der Waals surface area contributed by atoms with Crippen LogP contribution in [-0.4, -0.2) is 40.5 Å². The Morgan fingerprint density at radius 3 is 2.00 bits per heavy atom. The van der Waals surface area contributed by atoms with Crippen LogP contribution in [0.4, 0.5) is 10.6 Å². The molecule has 6 rings (SSSR count). The maximum Gasteiger partial charge on any atom is 0.315 e. The Hall–Kier alpha value is -7.02. The largest absolute Gasteiger partial charge is 0.457 e. The highest BCUT2D eigenvalue weighted by Crippen LogP contribution is 2.22. The number of hydrogen-bond acceptors (Lipinski definition) is 8. The predicted molar refractivity (Wildman–Crippen MR) is 233 cm³/mol. The smallest absolute Gasteiger partial charge is 0.315 e. The predicted octanol–water partition coefficient (Wildman–Crippen LogP) is 6.26. The molecule has 0 aliphatic carbocycles. The van der Waals surface area contributed by atoms with E-state index in [1.54, 1.807) is 30.5 Å². The van der Waals surface area contributed by atoms with Gasteiger partial charge in [-0.1, -0.05) is 97.1 Å². The van der Waals surface area contributed by atoms with Crippen molar-refractivity contribution in [2.75, 3.05) is 12.3 Å². The normalized spacial score (nSPS) is 11.9. The first kappa shape index (κ1) is 42.6. The van der Waals surface area contributed by atoms with Crippen molar-refractivity contribution in [3.63, 3.8) is 0 Å². The number of hydrogen-bond donors (Lipinski definition) is 7. The molecule has 308 valence electrons. The van der Waals surface area contributed by atoms with Crippen LogP contribution in [0.5, 0.6) is 11.5 Å². The number of ether oxygens (including phenoxy) is 1. The summed E-state index contributed by atoms with van der Waals surface area (Å²) in [5, 5.41) is 22.6. The Morgan fingerprint density at radius 1 is 0.683 bits per heavy atom. The molecule has 0 unspecified atom stereocenters. The van der Waals surface area contributed by atoms with E-state index in [1.165, 1.54) is 0 Å². The molecule has 0 aliphatic rings. The second-order valence-corrected chi connectivity index (χ2v) is 14.8. The van der Waals surface area contributed by atoms with Gasteiger partial charge in [0.25, 0.3) is 0 Å². The number of aromatic nitrogens is 1. The van der Waals surface area contributed by atoms with Gasteiger partial charge in [0.05, 0.1) is 12.5 Å². The molecule has 2 atom stereocenters. The lowest BCUT2D eigenvalue weighted by Gasteiger charge is -2.18. The topological polar surface area (TPSA) is 194 Å². The van der Waals surface area contributed by atoms with Crippen molar-refractivity contribution in [1.82, 2.24) is 26.3 Å². The molecule has 0 fully saturated rings. The van der Waals surface area contributed by atoms with Gasteiger partial charge in [0.1, 0.15) is 17.3 Å². The molecule has 0 saturated heterocycles. The molecule has 4 amide bonds. The Kier molecular flexibility index (Phi) is 15.0. The van der Waals surface area contributed by atoms with E-state index in [4.69, 9.17) is 16.2 Å². The number of aliphatic hydroxyl groups excluding tert-OH is 1. The van der Waals surface area contributed by atoms with Gasteiger partial charge in [-0.2, -0.15) is 0 Å². The molecule has 0 bridgehead atoms. The van der Waals surface area contributed by atoms with Gasteiger partial charge in [-0.05, 0) is 95.1 Å². The molecule has 12 heteroatoms. The highest BCUT2D eigenvalue weighted by molar-refractivity contribution is 5.94. The summed E-state index contributed by atoms with van der Waals surface area (Å²) in [6.45, 7) is 3.42. The lowest BCUT2D eigenvalue weighted by Crippen LogP contribution is -2.34. The standard InChI is InChI=1S/C48H51N7O5/c1-32(51-31-44(56)39-17-21-45(49)52-30-39)22-36-6-5-7-37(23-36)26-46(57)53-29-38-16-20-43(47(50)58)40(25-38)24-33-10-12-34(13-11-33)27-54-48(59)55-28-35-14-18-42(19-15-35)60-41-8-3-2-4-9-41/h2-21,23,25,30,32,44,51,56H,22,24,26-29,31H2,1H3,(H2,49,52)(H2,50,58)(H,53,57)(H2,54,55,59)/t32-,44+/m1/s1. The highest BCUT2D eigenvalue weighted by Gasteiger charge is 2.14. The van der Waals surface area contributed by atoms with E-state index in [9.17, 15) is 19.5 Å². The summed E-state index contributed by atoms with van der Waals surface area (Å²) in [6, 6.07) is 41.5. The summed E-state index contributed by atoms with van der Waals surface area (Å²) < 4.78 is 5.83. The summed E-state index contributed by atoms with van der Waals surface area (Å²) in [6.07, 6.45) is 2.27. The van der Waals surface area contributed by atoms with Crippen LogP contribution < -0.4 is 37.5 Å². The number of anilines is 1. The Morgan fingerprint density at radius 2 is 1.32 bits per heavy atom. The quantitative estimate of drug-likeness (QED) is 0.0499. The van der Waals surface area contributed by atoms with Gasteiger partial charge >= 0.3 is 6.03 Å². The molecule has 0 saturated carbocycles. The Labute approximate surface area is 350 Å². The molecular formula is C48H51N7O5. The number of nitrogen functional groups attached to an aromatic ring is 1. The Balaban J connectivity index is 0.938. The van der Waals surface area contributed by atoms with E-state index >= 15 is 0 Å². The number of amides is 4. The first-order valence-electron chi connectivity index (χ1n) is 19.9. The number of pyridine rings is 1. The van der Waals surface area contributed by atoms with Crippen molar-refractivity contribution in [3.8, 4) is 11.5 Å². The third-order valence-corrected chi connectivity index (χ3v) is 9.90. The van der Waals surface area contributed by atoms with Gasteiger partial charge in [0.2, 0.25) is 11.8 Å². The number of aliphatic hydroxyl groups is 1. The lowest BCUT2D eigenvalue weighted by molar-refractivity contribution is -0.120. The van der Waals surface area contributed by atoms with Crippen LogP contribution in [0.1, 0.15) is 67.9 Å². The lowest BCUT2D eigenvalue weighted by atomic mass is 9.96. The van der Waals surface area contributed by atoms with Crippen LogP contribution in [0.25, 0.3) is 0 Å². The zero-order valence-electron chi connectivity index (χ0n) is 33.6. The number of rotatable bonds is 19. The van der Waals surface area contributed by atoms with Crippen molar-refractivity contribution < 1.29 is 24.2 Å². The molecule has 0 aliphatic heterocycles. The minimum Gasteiger partial charge on any atom is -0.457 e. The summed E-state index contributed by atoms with van der Waals surface area (Å²) in [4.78, 5) is 41.9. The maximum atomic E-state index is 13.0. The number of benzene rings is 5. The molecule has 9 N–H and O–H groups in total. The van der Waals surface area contributed by atoms with Gasteiger partial charge in [0.15, 0.2) is 0 Å². The average molecular weight is 806 g/mol. The van der Waals surface area contributed by atoms with Crippen LogP contribution in [0.15, 0.2) is 140 Å². The molecule has 0 spiro atoms. The van der Waals surface area contributed by atoms with E-state index in [1.807, 2.05) is 116 Å². The fraction of sp³-hybridized carbons (Fsp3) is 0.208. The van der Waals surface area contributed by atoms with Gasteiger partial charge in [-0.3, -0.25) is 9.59 Å². The molecule has 0 radical (unpaired) electrons. The van der Waals surface area contributed by atoms with Crippen LogP contribution >= 0.6 is 0 Å². The summed E-state index contributed by atoms with van der Waals surface area (Å²) >= 11 is 0. The summed E-state index contributed by atoms with van der Waals surface area (Å²) in [5.74, 6) is 1.23. The van der Waals surface area contributed by atoms with E-state index in [0.717, 1.165) is 56.9 Å².